The summed E-state index contributed by atoms with van der Waals surface area (Å²) in [5.74, 6) is 1.93. The van der Waals surface area contributed by atoms with E-state index >= 15 is 0 Å². The van der Waals surface area contributed by atoms with Gasteiger partial charge in [-0.25, -0.2) is 0 Å². The number of nitriles is 1. The molecule has 0 heterocycles. The van der Waals surface area contributed by atoms with E-state index in [1.165, 1.54) is 28.5 Å². The second kappa shape index (κ2) is 8.05. The summed E-state index contributed by atoms with van der Waals surface area (Å²) in [4.78, 5) is 0. The lowest BCUT2D eigenvalue weighted by molar-refractivity contribution is 0.312. The maximum atomic E-state index is 8.51. The van der Waals surface area contributed by atoms with Gasteiger partial charge in [-0.05, 0) is 56.0 Å². The minimum atomic E-state index is 0.768. The Kier molecular flexibility index (Phi) is 6.67. The second-order valence-corrected chi connectivity index (χ2v) is 5.34. The van der Waals surface area contributed by atoms with Crippen LogP contribution in [0.5, 0.6) is 5.75 Å². The van der Waals surface area contributed by atoms with E-state index in [0.29, 0.717) is 0 Å². The van der Waals surface area contributed by atoms with E-state index in [-0.39, 0.29) is 0 Å². The Morgan fingerprint density at radius 3 is 2.78 bits per heavy atom. The molecule has 0 unspecified atom stereocenters. The molecule has 1 rings (SSSR count). The Morgan fingerprint density at radius 2 is 2.11 bits per heavy atom. The van der Waals surface area contributed by atoms with Crippen LogP contribution in [0.3, 0.4) is 0 Å². The zero-order valence-corrected chi connectivity index (χ0v) is 12.3. The molecule has 0 aliphatic carbocycles. The van der Waals surface area contributed by atoms with E-state index in [0.717, 1.165) is 37.4 Å². The first-order chi connectivity index (χ1) is 8.69. The van der Waals surface area contributed by atoms with Gasteiger partial charge >= 0.3 is 0 Å². The number of aryl methyl sites for hydroxylation is 3. The lowest BCUT2D eigenvalue weighted by atomic mass is 10.0. The molecule has 0 saturated carbocycles. The fraction of sp³-hybridized carbons (Fsp3) is 0.533. The summed E-state index contributed by atoms with van der Waals surface area (Å²) >= 11 is 1.32. The van der Waals surface area contributed by atoms with Gasteiger partial charge in [0.1, 0.15) is 11.2 Å². The minimum Gasteiger partial charge on any atom is -0.493 e. The van der Waals surface area contributed by atoms with E-state index in [9.17, 15) is 0 Å². The molecule has 0 saturated heterocycles. The molecule has 0 aliphatic heterocycles. The number of thiocyanates is 1. The SMILES string of the molecule is CCCOc1c(C)cc(C)cc1CCCSC#N. The first kappa shape index (κ1) is 14.9. The van der Waals surface area contributed by atoms with Crippen molar-refractivity contribution in [2.24, 2.45) is 0 Å². The highest BCUT2D eigenvalue weighted by Crippen LogP contribution is 2.27. The monoisotopic (exact) mass is 263 g/mol. The summed E-state index contributed by atoms with van der Waals surface area (Å²) in [7, 11) is 0. The van der Waals surface area contributed by atoms with Crippen molar-refractivity contribution in [3.05, 3.63) is 28.8 Å². The number of rotatable bonds is 7. The lowest BCUT2D eigenvalue weighted by Gasteiger charge is -2.14. The van der Waals surface area contributed by atoms with Crippen LogP contribution in [-0.4, -0.2) is 12.4 Å². The molecular weight excluding hydrogens is 242 g/mol. The van der Waals surface area contributed by atoms with Gasteiger partial charge in [-0.3, -0.25) is 0 Å². The van der Waals surface area contributed by atoms with Crippen LogP contribution in [0.25, 0.3) is 0 Å². The Bertz CT molecular complexity index is 423. The molecule has 1 aromatic rings. The van der Waals surface area contributed by atoms with Gasteiger partial charge in [-0.1, -0.05) is 24.6 Å². The Hall–Kier alpha value is -1.14. The molecule has 2 nitrogen and oxygen atoms in total. The van der Waals surface area contributed by atoms with Crippen molar-refractivity contribution in [2.45, 2.75) is 40.0 Å². The Labute approximate surface area is 114 Å². The molecule has 0 N–H and O–H groups in total. The summed E-state index contributed by atoms with van der Waals surface area (Å²) in [6.45, 7) is 7.10. The smallest absolute Gasteiger partial charge is 0.133 e. The quantitative estimate of drug-likeness (QED) is 0.545. The Balaban J connectivity index is 2.76. The number of nitrogens with zero attached hydrogens (tertiary/aromatic N) is 1. The lowest BCUT2D eigenvalue weighted by Crippen LogP contribution is -2.02. The number of benzene rings is 1. The maximum absolute atomic E-state index is 8.51. The van der Waals surface area contributed by atoms with Crippen LogP contribution in [0, 0.1) is 24.5 Å². The van der Waals surface area contributed by atoms with Gasteiger partial charge in [0.2, 0.25) is 0 Å². The van der Waals surface area contributed by atoms with Gasteiger partial charge in [0.15, 0.2) is 0 Å². The normalized spacial score (nSPS) is 10.1. The van der Waals surface area contributed by atoms with Gasteiger partial charge < -0.3 is 4.74 Å². The highest BCUT2D eigenvalue weighted by Gasteiger charge is 2.08. The second-order valence-electron chi connectivity index (χ2n) is 4.46. The molecule has 3 heteroatoms. The van der Waals surface area contributed by atoms with Crippen LogP contribution in [0.2, 0.25) is 0 Å². The van der Waals surface area contributed by atoms with E-state index in [2.05, 4.69) is 38.3 Å². The molecule has 0 aromatic heterocycles. The van der Waals surface area contributed by atoms with Crippen molar-refractivity contribution in [3.63, 3.8) is 0 Å². The topological polar surface area (TPSA) is 33.0 Å². The van der Waals surface area contributed by atoms with Crippen molar-refractivity contribution in [1.29, 1.82) is 5.26 Å². The van der Waals surface area contributed by atoms with Gasteiger partial charge in [0.05, 0.1) is 6.61 Å². The molecule has 0 radical (unpaired) electrons. The first-order valence-electron chi connectivity index (χ1n) is 6.42. The van der Waals surface area contributed by atoms with Crippen LogP contribution in [0.15, 0.2) is 12.1 Å². The van der Waals surface area contributed by atoms with Crippen LogP contribution in [-0.2, 0) is 6.42 Å². The third-order valence-electron chi connectivity index (χ3n) is 2.70. The van der Waals surface area contributed by atoms with Crippen LogP contribution in [0.4, 0.5) is 0 Å². The summed E-state index contributed by atoms with van der Waals surface area (Å²) in [5.41, 5.74) is 3.77. The van der Waals surface area contributed by atoms with E-state index in [4.69, 9.17) is 10.00 Å². The molecule has 18 heavy (non-hydrogen) atoms. The third kappa shape index (κ3) is 4.62. The predicted molar refractivity (Wildman–Crippen MR) is 78.1 cm³/mol. The van der Waals surface area contributed by atoms with Gasteiger partial charge in [-0.2, -0.15) is 5.26 Å². The maximum Gasteiger partial charge on any atom is 0.133 e. The molecule has 0 bridgehead atoms. The molecule has 0 fully saturated rings. The van der Waals surface area contributed by atoms with Crippen LogP contribution >= 0.6 is 11.8 Å². The molecule has 0 aliphatic rings. The van der Waals surface area contributed by atoms with Gasteiger partial charge in [0, 0.05) is 5.75 Å². The van der Waals surface area contributed by atoms with Crippen molar-refractivity contribution in [3.8, 4) is 11.2 Å². The number of hydrogen-bond donors (Lipinski definition) is 0. The molecule has 98 valence electrons. The average Bonchev–Trinajstić information content (AvgIpc) is 2.33. The molecular formula is C15H21NOS. The summed E-state index contributed by atoms with van der Waals surface area (Å²) in [6.07, 6.45) is 3.02. The number of thioether (sulfide) groups is 1. The summed E-state index contributed by atoms with van der Waals surface area (Å²) < 4.78 is 5.86. The fourth-order valence-electron chi connectivity index (χ4n) is 2.02. The minimum absolute atomic E-state index is 0.768. The Morgan fingerprint density at radius 1 is 1.33 bits per heavy atom. The predicted octanol–water partition coefficient (Wildman–Crippen LogP) is 4.24. The highest BCUT2D eigenvalue weighted by atomic mass is 32.2. The van der Waals surface area contributed by atoms with Crippen molar-refractivity contribution in [2.75, 3.05) is 12.4 Å². The fourth-order valence-corrected chi connectivity index (χ4v) is 2.40. The number of ether oxygens (including phenoxy) is 1. The number of hydrogen-bond acceptors (Lipinski definition) is 3. The highest BCUT2D eigenvalue weighted by molar-refractivity contribution is 8.03. The van der Waals surface area contributed by atoms with Crippen LogP contribution < -0.4 is 4.74 Å². The third-order valence-corrected chi connectivity index (χ3v) is 3.33. The zero-order chi connectivity index (χ0) is 13.4. The standard InChI is InChI=1S/C15H21NOS/c1-4-7-17-15-13(3)9-12(2)10-14(15)6-5-8-18-11-16/h9-10H,4-8H2,1-3H3. The molecule has 1 aromatic carbocycles. The van der Waals surface area contributed by atoms with E-state index in [1.807, 2.05) is 0 Å². The van der Waals surface area contributed by atoms with Crippen molar-refractivity contribution < 1.29 is 4.74 Å². The largest absolute Gasteiger partial charge is 0.493 e. The van der Waals surface area contributed by atoms with E-state index < -0.39 is 0 Å². The average molecular weight is 263 g/mol. The summed E-state index contributed by atoms with van der Waals surface area (Å²) in [6, 6.07) is 4.37. The van der Waals surface area contributed by atoms with E-state index in [1.54, 1.807) is 0 Å². The molecule has 0 atom stereocenters. The van der Waals surface area contributed by atoms with Crippen molar-refractivity contribution in [1.82, 2.24) is 0 Å². The summed E-state index contributed by atoms with van der Waals surface area (Å²) in [5, 5.41) is 10.6. The first-order valence-corrected chi connectivity index (χ1v) is 7.41. The van der Waals surface area contributed by atoms with Gasteiger partial charge in [0.25, 0.3) is 0 Å². The molecule has 0 spiro atoms. The van der Waals surface area contributed by atoms with Gasteiger partial charge in [-0.15, -0.1) is 0 Å². The van der Waals surface area contributed by atoms with Crippen LogP contribution in [0.1, 0.15) is 36.5 Å². The molecule has 0 amide bonds. The van der Waals surface area contributed by atoms with Crippen molar-refractivity contribution >= 4 is 11.8 Å². The zero-order valence-electron chi connectivity index (χ0n) is 11.5.